The normalized spacial score (nSPS) is 20.3. The van der Waals surface area contributed by atoms with Crippen LogP contribution in [0.2, 0.25) is 0 Å². The fourth-order valence-electron chi connectivity index (χ4n) is 3.57. The van der Waals surface area contributed by atoms with Crippen LogP contribution in [0.5, 0.6) is 0 Å². The van der Waals surface area contributed by atoms with Gasteiger partial charge in [0.25, 0.3) is 5.91 Å². The van der Waals surface area contributed by atoms with Crippen molar-refractivity contribution in [1.29, 1.82) is 0 Å². The van der Waals surface area contributed by atoms with E-state index in [-0.39, 0.29) is 30.7 Å². The highest BCUT2D eigenvalue weighted by Crippen LogP contribution is 2.26. The van der Waals surface area contributed by atoms with Crippen LogP contribution in [0.25, 0.3) is 0 Å². The first-order chi connectivity index (χ1) is 11.2. The molecule has 0 atom stereocenters. The van der Waals surface area contributed by atoms with Gasteiger partial charge in [-0.05, 0) is 31.5 Å². The molecule has 0 saturated carbocycles. The van der Waals surface area contributed by atoms with E-state index in [0.717, 1.165) is 58.7 Å². The standard InChI is InChI=1S/C18H27N3O2.2ClH/c1-23-18(7-9-19-10-8-18)17(22)21-13-11-20(12-14-21)15-16-5-3-2-4-6-16;;/h2-6,19H,7-15H2,1H3;2*1H. The second kappa shape index (κ2) is 10.3. The Morgan fingerprint density at radius 1 is 1.08 bits per heavy atom. The number of carbonyl (C=O) groups excluding carboxylic acids is 1. The topological polar surface area (TPSA) is 44.8 Å². The van der Waals surface area contributed by atoms with Crippen molar-refractivity contribution in [2.45, 2.75) is 25.0 Å². The third-order valence-corrected chi connectivity index (χ3v) is 5.10. The fourth-order valence-corrected chi connectivity index (χ4v) is 3.57. The van der Waals surface area contributed by atoms with Gasteiger partial charge < -0.3 is 15.0 Å². The van der Waals surface area contributed by atoms with Crippen LogP contribution < -0.4 is 5.32 Å². The summed E-state index contributed by atoms with van der Waals surface area (Å²) in [5.41, 5.74) is 0.728. The summed E-state index contributed by atoms with van der Waals surface area (Å²) in [5.74, 6) is 0.181. The smallest absolute Gasteiger partial charge is 0.254 e. The summed E-state index contributed by atoms with van der Waals surface area (Å²) in [6, 6.07) is 10.5. The van der Waals surface area contributed by atoms with Crippen LogP contribution in [0.15, 0.2) is 30.3 Å². The summed E-state index contributed by atoms with van der Waals surface area (Å²) in [7, 11) is 1.68. The van der Waals surface area contributed by atoms with Crippen LogP contribution in [-0.4, -0.2) is 67.7 Å². The van der Waals surface area contributed by atoms with E-state index in [1.54, 1.807) is 7.11 Å². The molecule has 2 heterocycles. The van der Waals surface area contributed by atoms with E-state index in [2.05, 4.69) is 34.5 Å². The molecule has 0 aliphatic carbocycles. The minimum atomic E-state index is -0.604. The molecule has 25 heavy (non-hydrogen) atoms. The molecule has 2 saturated heterocycles. The molecule has 0 unspecified atom stereocenters. The van der Waals surface area contributed by atoms with Gasteiger partial charge in [0.1, 0.15) is 5.60 Å². The van der Waals surface area contributed by atoms with Gasteiger partial charge >= 0.3 is 0 Å². The minimum Gasteiger partial charge on any atom is -0.368 e. The molecular weight excluding hydrogens is 361 g/mol. The number of carbonyl (C=O) groups is 1. The molecule has 2 fully saturated rings. The van der Waals surface area contributed by atoms with Gasteiger partial charge in [-0.2, -0.15) is 0 Å². The van der Waals surface area contributed by atoms with Crippen LogP contribution in [0.3, 0.4) is 0 Å². The van der Waals surface area contributed by atoms with Gasteiger partial charge in [0.2, 0.25) is 0 Å². The molecule has 5 nitrogen and oxygen atoms in total. The summed E-state index contributed by atoms with van der Waals surface area (Å²) in [6.07, 6.45) is 1.54. The Morgan fingerprint density at radius 2 is 1.68 bits per heavy atom. The van der Waals surface area contributed by atoms with Crippen LogP contribution in [-0.2, 0) is 16.1 Å². The molecule has 2 aliphatic heterocycles. The van der Waals surface area contributed by atoms with Crippen LogP contribution in [0, 0.1) is 0 Å². The van der Waals surface area contributed by atoms with Crippen molar-refractivity contribution >= 4 is 30.7 Å². The Balaban J connectivity index is 0.00000156. The van der Waals surface area contributed by atoms with Crippen molar-refractivity contribution in [2.24, 2.45) is 0 Å². The van der Waals surface area contributed by atoms with E-state index in [0.29, 0.717) is 0 Å². The largest absolute Gasteiger partial charge is 0.368 e. The van der Waals surface area contributed by atoms with Gasteiger partial charge in [0, 0.05) is 39.8 Å². The maximum absolute atomic E-state index is 12.9. The fraction of sp³-hybridized carbons (Fsp3) is 0.611. The second-order valence-corrected chi connectivity index (χ2v) is 6.50. The van der Waals surface area contributed by atoms with Crippen LogP contribution >= 0.6 is 24.8 Å². The predicted octanol–water partition coefficient (Wildman–Crippen LogP) is 1.94. The van der Waals surface area contributed by atoms with E-state index in [1.165, 1.54) is 5.56 Å². The van der Waals surface area contributed by atoms with E-state index < -0.39 is 5.60 Å². The number of nitrogens with zero attached hydrogens (tertiary/aromatic N) is 2. The highest BCUT2D eigenvalue weighted by molar-refractivity contribution is 5.86. The number of rotatable bonds is 4. The van der Waals surface area contributed by atoms with Crippen LogP contribution in [0.1, 0.15) is 18.4 Å². The van der Waals surface area contributed by atoms with Crippen molar-refractivity contribution in [3.8, 4) is 0 Å². The van der Waals surface area contributed by atoms with Crippen molar-refractivity contribution in [2.75, 3.05) is 46.4 Å². The second-order valence-electron chi connectivity index (χ2n) is 6.50. The van der Waals surface area contributed by atoms with E-state index >= 15 is 0 Å². The lowest BCUT2D eigenvalue weighted by molar-refractivity contribution is -0.160. The van der Waals surface area contributed by atoms with Gasteiger partial charge in [-0.25, -0.2) is 0 Å². The molecule has 1 aromatic carbocycles. The molecule has 1 amide bonds. The summed E-state index contributed by atoms with van der Waals surface area (Å²) >= 11 is 0. The molecule has 7 heteroatoms. The zero-order valence-corrected chi connectivity index (χ0v) is 16.4. The van der Waals surface area contributed by atoms with Gasteiger partial charge in [-0.15, -0.1) is 24.8 Å². The third kappa shape index (κ3) is 5.31. The minimum absolute atomic E-state index is 0. The van der Waals surface area contributed by atoms with Gasteiger partial charge in [-0.3, -0.25) is 9.69 Å². The zero-order valence-electron chi connectivity index (χ0n) is 14.8. The van der Waals surface area contributed by atoms with E-state index in [1.807, 2.05) is 11.0 Å². The summed E-state index contributed by atoms with van der Waals surface area (Å²) < 4.78 is 5.67. The highest BCUT2D eigenvalue weighted by atomic mass is 35.5. The van der Waals surface area contributed by atoms with Gasteiger partial charge in [0.15, 0.2) is 0 Å². The third-order valence-electron chi connectivity index (χ3n) is 5.10. The average Bonchev–Trinajstić information content (AvgIpc) is 2.63. The predicted molar refractivity (Wildman–Crippen MR) is 105 cm³/mol. The Hall–Kier alpha value is -0.850. The van der Waals surface area contributed by atoms with Crippen LogP contribution in [0.4, 0.5) is 0 Å². The average molecular weight is 390 g/mol. The lowest BCUT2D eigenvalue weighted by atomic mass is 9.90. The molecule has 1 N–H and O–H groups in total. The SMILES string of the molecule is COC1(C(=O)N2CCN(Cc3ccccc3)CC2)CCNCC1.Cl.Cl. The van der Waals surface area contributed by atoms with Crippen molar-refractivity contribution in [1.82, 2.24) is 15.1 Å². The Kier molecular flexibility index (Phi) is 9.17. The lowest BCUT2D eigenvalue weighted by Gasteiger charge is -2.42. The molecule has 0 spiro atoms. The number of hydrogen-bond acceptors (Lipinski definition) is 4. The molecule has 0 radical (unpaired) electrons. The maximum atomic E-state index is 12.9. The molecule has 3 rings (SSSR count). The number of amides is 1. The number of ether oxygens (including phenoxy) is 1. The zero-order chi connectivity index (χ0) is 16.1. The van der Waals surface area contributed by atoms with Crippen molar-refractivity contribution in [3.05, 3.63) is 35.9 Å². The number of methoxy groups -OCH3 is 1. The van der Waals surface area contributed by atoms with E-state index in [9.17, 15) is 4.79 Å². The monoisotopic (exact) mass is 389 g/mol. The first-order valence-electron chi connectivity index (χ1n) is 8.55. The molecule has 2 aliphatic rings. The molecule has 142 valence electrons. The number of nitrogens with one attached hydrogen (secondary N) is 1. The summed E-state index contributed by atoms with van der Waals surface area (Å²) in [5, 5.41) is 3.31. The first-order valence-corrected chi connectivity index (χ1v) is 8.55. The number of hydrogen-bond donors (Lipinski definition) is 1. The Morgan fingerprint density at radius 3 is 2.24 bits per heavy atom. The highest BCUT2D eigenvalue weighted by Gasteiger charge is 2.42. The van der Waals surface area contributed by atoms with E-state index in [4.69, 9.17) is 4.74 Å². The van der Waals surface area contributed by atoms with Gasteiger partial charge in [-0.1, -0.05) is 30.3 Å². The number of piperidine rings is 1. The Bertz CT molecular complexity index is 516. The lowest BCUT2D eigenvalue weighted by Crippen LogP contribution is -2.59. The first kappa shape index (κ1) is 22.2. The van der Waals surface area contributed by atoms with Crippen molar-refractivity contribution in [3.63, 3.8) is 0 Å². The number of piperazine rings is 1. The maximum Gasteiger partial charge on any atom is 0.254 e. The molecule has 0 bridgehead atoms. The number of halogens is 2. The van der Waals surface area contributed by atoms with Crippen molar-refractivity contribution < 1.29 is 9.53 Å². The number of benzene rings is 1. The summed E-state index contributed by atoms with van der Waals surface area (Å²) in [6.45, 7) is 6.12. The molecule has 0 aromatic heterocycles. The van der Waals surface area contributed by atoms with Gasteiger partial charge in [0.05, 0.1) is 0 Å². The Labute approximate surface area is 162 Å². The molecule has 1 aromatic rings. The summed E-state index contributed by atoms with van der Waals surface area (Å²) in [4.78, 5) is 17.3. The quantitative estimate of drug-likeness (QED) is 0.854. The molecular formula is C18H29Cl2N3O2.